The van der Waals surface area contributed by atoms with Gasteiger partial charge in [0.15, 0.2) is 10.9 Å². The molecule has 1 N–H and O–H groups in total. The van der Waals surface area contributed by atoms with Gasteiger partial charge < -0.3 is 19.6 Å². The molecule has 240 valence electrons. The highest BCUT2D eigenvalue weighted by Crippen LogP contribution is 2.50. The minimum Gasteiger partial charge on any atom is -0.465 e. The number of carbonyl (C=O) groups is 2. The van der Waals surface area contributed by atoms with Gasteiger partial charge in [0, 0.05) is 50.4 Å². The predicted octanol–water partition coefficient (Wildman–Crippen LogP) is 5.66. The van der Waals surface area contributed by atoms with Crippen LogP contribution in [0.5, 0.6) is 0 Å². The maximum absolute atomic E-state index is 12.6. The number of carbonyl (C=O) groups excluding carboxylic acids is 1. The fourth-order valence-electron chi connectivity index (χ4n) is 7.02. The molecule has 1 aromatic carbocycles. The largest absolute Gasteiger partial charge is 0.465 e. The first-order valence-electron chi connectivity index (χ1n) is 15.6. The molecule has 3 aromatic rings. The maximum Gasteiger partial charge on any atom is 0.412 e. The zero-order valence-electron chi connectivity index (χ0n) is 27.3. The minimum absolute atomic E-state index is 0.107. The SMILES string of the molecule is CSc1nc2c(c(N3CCCn4nc(C(=O)N(C)C)cc4C3)n1)CO[C@]1(CC[C@H](C)c3ccc(N(C(=O)O)C(C)(C)C)cc31)C2. The molecule has 2 amide bonds. The Bertz CT molecular complexity index is 1650. The van der Waals surface area contributed by atoms with E-state index in [1.54, 1.807) is 19.0 Å². The standard InChI is InChI=1S/C33H43N7O4S/c1-20-11-12-33(25-15-21(9-10-23(20)25)40(31(42)43)32(2,3)4)17-27-24(19-44-33)28(35-30(34-27)45-7)38-13-8-14-39-22(18-38)16-26(36-39)29(41)37(5)6/h9-10,15-16,20H,8,11-14,17-19H2,1-7H3,(H,42,43)/t20-,33+/m0/s1. The number of hydrogen-bond donors (Lipinski definition) is 1. The van der Waals surface area contributed by atoms with Gasteiger partial charge in [0.2, 0.25) is 0 Å². The summed E-state index contributed by atoms with van der Waals surface area (Å²) in [5.74, 6) is 1.10. The number of rotatable bonds is 4. The summed E-state index contributed by atoms with van der Waals surface area (Å²) < 4.78 is 8.85. The molecule has 2 aliphatic heterocycles. The summed E-state index contributed by atoms with van der Waals surface area (Å²) in [4.78, 5) is 40.3. The van der Waals surface area contributed by atoms with Crippen molar-refractivity contribution >= 4 is 35.3 Å². The number of anilines is 2. The molecular weight excluding hydrogens is 590 g/mol. The van der Waals surface area contributed by atoms with Crippen LogP contribution in [-0.2, 0) is 36.5 Å². The van der Waals surface area contributed by atoms with Crippen molar-refractivity contribution in [2.45, 2.75) is 95.3 Å². The van der Waals surface area contributed by atoms with Crippen LogP contribution in [0.4, 0.5) is 16.3 Å². The Balaban J connectivity index is 1.38. The van der Waals surface area contributed by atoms with E-state index in [1.165, 1.54) is 22.2 Å². The van der Waals surface area contributed by atoms with Gasteiger partial charge in [0.25, 0.3) is 5.91 Å². The molecule has 0 saturated heterocycles. The summed E-state index contributed by atoms with van der Waals surface area (Å²) in [7, 11) is 3.48. The van der Waals surface area contributed by atoms with Gasteiger partial charge in [-0.3, -0.25) is 14.4 Å². The molecule has 11 nitrogen and oxygen atoms in total. The van der Waals surface area contributed by atoms with Crippen LogP contribution in [0.1, 0.15) is 91.4 Å². The van der Waals surface area contributed by atoms with Crippen LogP contribution in [0.25, 0.3) is 0 Å². The average molecular weight is 634 g/mol. The number of hydrogen-bond acceptors (Lipinski definition) is 8. The Labute approximate surface area is 269 Å². The average Bonchev–Trinajstić information content (AvgIpc) is 3.28. The molecule has 1 spiro atoms. The molecule has 4 heterocycles. The van der Waals surface area contributed by atoms with Crippen LogP contribution in [0.3, 0.4) is 0 Å². The number of ether oxygens (including phenoxy) is 1. The van der Waals surface area contributed by atoms with Crippen LogP contribution in [0.2, 0.25) is 0 Å². The first-order valence-corrected chi connectivity index (χ1v) is 16.8. The first-order chi connectivity index (χ1) is 21.3. The zero-order valence-corrected chi connectivity index (χ0v) is 28.1. The van der Waals surface area contributed by atoms with E-state index >= 15 is 0 Å². The van der Waals surface area contributed by atoms with Crippen LogP contribution in [-0.4, -0.2) is 74.2 Å². The number of fused-ring (bicyclic) bond motifs is 4. The highest BCUT2D eigenvalue weighted by Gasteiger charge is 2.45. The third-order valence-corrected chi connectivity index (χ3v) is 9.83. The number of thioether (sulfide) groups is 1. The van der Waals surface area contributed by atoms with Crippen LogP contribution in [0, 0.1) is 0 Å². The van der Waals surface area contributed by atoms with Gasteiger partial charge in [-0.2, -0.15) is 5.10 Å². The van der Waals surface area contributed by atoms with Crippen molar-refractivity contribution in [1.29, 1.82) is 0 Å². The van der Waals surface area contributed by atoms with E-state index in [0.29, 0.717) is 42.0 Å². The van der Waals surface area contributed by atoms with Gasteiger partial charge in [0.05, 0.1) is 30.1 Å². The number of amides is 2. The lowest BCUT2D eigenvalue weighted by Gasteiger charge is -2.45. The zero-order chi connectivity index (χ0) is 32.3. The Kier molecular flexibility index (Phi) is 8.09. The second-order valence-corrected chi connectivity index (χ2v) is 14.4. The summed E-state index contributed by atoms with van der Waals surface area (Å²) in [6.45, 7) is 10.4. The summed E-state index contributed by atoms with van der Waals surface area (Å²) in [5.41, 5.74) is 5.11. The number of aryl methyl sites for hydroxylation is 1. The second kappa shape index (κ2) is 11.6. The molecule has 6 rings (SSSR count). The van der Waals surface area contributed by atoms with Crippen molar-refractivity contribution in [2.24, 2.45) is 0 Å². The van der Waals surface area contributed by atoms with Crippen LogP contribution >= 0.6 is 11.8 Å². The van der Waals surface area contributed by atoms with E-state index < -0.39 is 17.2 Å². The van der Waals surface area contributed by atoms with Gasteiger partial charge in [0.1, 0.15) is 5.82 Å². The van der Waals surface area contributed by atoms with E-state index in [-0.39, 0.29) is 5.91 Å². The lowest BCUT2D eigenvalue weighted by atomic mass is 9.71. The van der Waals surface area contributed by atoms with Crippen molar-refractivity contribution in [3.8, 4) is 0 Å². The third-order valence-electron chi connectivity index (χ3n) is 9.28. The fourth-order valence-corrected chi connectivity index (χ4v) is 7.40. The number of carboxylic acid groups (broad SMARTS) is 1. The Hall–Kier alpha value is -3.64. The molecule has 2 atom stereocenters. The molecule has 0 saturated carbocycles. The van der Waals surface area contributed by atoms with Gasteiger partial charge >= 0.3 is 6.09 Å². The Morgan fingerprint density at radius 2 is 1.93 bits per heavy atom. The topological polar surface area (TPSA) is 117 Å². The molecule has 2 aromatic heterocycles. The smallest absolute Gasteiger partial charge is 0.412 e. The Morgan fingerprint density at radius 3 is 2.62 bits per heavy atom. The molecular formula is C33H43N7O4S. The Morgan fingerprint density at radius 1 is 1.16 bits per heavy atom. The lowest BCUT2D eigenvalue weighted by Crippen LogP contribution is -2.46. The molecule has 12 heteroatoms. The highest BCUT2D eigenvalue weighted by atomic mass is 32.2. The lowest BCUT2D eigenvalue weighted by molar-refractivity contribution is -0.0872. The number of benzene rings is 1. The van der Waals surface area contributed by atoms with Crippen LogP contribution in [0.15, 0.2) is 29.4 Å². The molecule has 0 unspecified atom stereocenters. The van der Waals surface area contributed by atoms with Gasteiger partial charge in [-0.05, 0) is 81.5 Å². The molecule has 45 heavy (non-hydrogen) atoms. The fraction of sp³-hybridized carbons (Fsp3) is 0.545. The summed E-state index contributed by atoms with van der Waals surface area (Å²) in [6.07, 6.45) is 4.27. The van der Waals surface area contributed by atoms with Crippen molar-refractivity contribution < 1.29 is 19.4 Å². The molecule has 0 radical (unpaired) electrons. The summed E-state index contributed by atoms with van der Waals surface area (Å²) >= 11 is 1.53. The van der Waals surface area contributed by atoms with E-state index in [2.05, 4.69) is 23.0 Å². The first kappa shape index (κ1) is 31.3. The van der Waals surface area contributed by atoms with E-state index in [0.717, 1.165) is 60.7 Å². The van der Waals surface area contributed by atoms with Gasteiger partial charge in [-0.15, -0.1) is 0 Å². The summed E-state index contributed by atoms with van der Waals surface area (Å²) in [6, 6.07) is 7.95. The number of nitrogens with zero attached hydrogens (tertiary/aromatic N) is 7. The van der Waals surface area contributed by atoms with Gasteiger partial charge in [-0.25, -0.2) is 14.8 Å². The maximum atomic E-state index is 12.6. The molecule has 1 aliphatic carbocycles. The van der Waals surface area contributed by atoms with Crippen molar-refractivity contribution in [3.63, 3.8) is 0 Å². The highest BCUT2D eigenvalue weighted by molar-refractivity contribution is 7.98. The van der Waals surface area contributed by atoms with Crippen molar-refractivity contribution in [1.82, 2.24) is 24.6 Å². The number of aromatic nitrogens is 4. The van der Waals surface area contributed by atoms with Crippen molar-refractivity contribution in [3.05, 3.63) is 58.0 Å². The van der Waals surface area contributed by atoms with Gasteiger partial charge in [-0.1, -0.05) is 24.8 Å². The van der Waals surface area contributed by atoms with E-state index in [1.807, 2.05) is 49.9 Å². The molecule has 3 aliphatic rings. The second-order valence-electron chi connectivity index (χ2n) is 13.6. The van der Waals surface area contributed by atoms with Crippen molar-refractivity contribution in [2.75, 3.05) is 36.7 Å². The third kappa shape index (κ3) is 5.67. The molecule has 0 fully saturated rings. The van der Waals surface area contributed by atoms with E-state index in [4.69, 9.17) is 14.7 Å². The molecule has 0 bridgehead atoms. The quantitative estimate of drug-likeness (QED) is 0.287. The normalized spacial score (nSPS) is 21.0. The predicted molar refractivity (Wildman–Crippen MR) is 174 cm³/mol. The minimum atomic E-state index is -0.978. The van der Waals surface area contributed by atoms with Crippen LogP contribution < -0.4 is 9.80 Å². The summed E-state index contributed by atoms with van der Waals surface area (Å²) in [5, 5.41) is 15.5. The monoisotopic (exact) mass is 633 g/mol. The van der Waals surface area contributed by atoms with E-state index in [9.17, 15) is 14.7 Å².